The number of carbonyl (C=O) groups excluding carboxylic acids is 1. The quantitative estimate of drug-likeness (QED) is 0.543. The van der Waals surface area contributed by atoms with E-state index in [0.717, 1.165) is 11.1 Å². The molecule has 0 fully saturated rings. The van der Waals surface area contributed by atoms with E-state index in [1.54, 1.807) is 13.8 Å². The van der Waals surface area contributed by atoms with Crippen molar-refractivity contribution >= 4 is 5.97 Å². The van der Waals surface area contributed by atoms with Gasteiger partial charge in [0.2, 0.25) is 0 Å². The first-order valence-corrected chi connectivity index (χ1v) is 4.72. The van der Waals surface area contributed by atoms with Gasteiger partial charge in [-0.2, -0.15) is 0 Å². The van der Waals surface area contributed by atoms with Gasteiger partial charge in [0.05, 0.1) is 5.41 Å². The molecule has 0 radical (unpaired) electrons. The summed E-state index contributed by atoms with van der Waals surface area (Å²) in [6.45, 7) is 5.56. The van der Waals surface area contributed by atoms with Gasteiger partial charge in [0.1, 0.15) is 6.11 Å². The number of hydrogen-bond donors (Lipinski definition) is 0. The van der Waals surface area contributed by atoms with Crippen molar-refractivity contribution < 1.29 is 9.53 Å². The van der Waals surface area contributed by atoms with Crippen molar-refractivity contribution in [2.24, 2.45) is 0 Å². The van der Waals surface area contributed by atoms with Crippen LogP contribution in [0.15, 0.2) is 24.3 Å². The minimum Gasteiger partial charge on any atom is -0.372 e. The van der Waals surface area contributed by atoms with E-state index >= 15 is 0 Å². The standard InChI is InChI=1S/C13H14O2/c1-5-15-12(14)13(3,4)11-8-6-7-10(2)9-11/h1,6-9H,2-4H3. The maximum absolute atomic E-state index is 11.6. The highest BCUT2D eigenvalue weighted by molar-refractivity contribution is 5.83. The van der Waals surface area contributed by atoms with E-state index in [0.29, 0.717) is 0 Å². The average Bonchev–Trinajstić information content (AvgIpc) is 2.18. The molecule has 0 bridgehead atoms. The summed E-state index contributed by atoms with van der Waals surface area (Å²) in [7, 11) is 0. The van der Waals surface area contributed by atoms with Crippen LogP contribution in [0.5, 0.6) is 0 Å². The molecule has 0 amide bonds. The van der Waals surface area contributed by atoms with Crippen LogP contribution in [0.25, 0.3) is 0 Å². The van der Waals surface area contributed by atoms with Crippen LogP contribution >= 0.6 is 0 Å². The summed E-state index contributed by atoms with van der Waals surface area (Å²) in [6.07, 6.45) is 6.85. The van der Waals surface area contributed by atoms with Gasteiger partial charge in [0, 0.05) is 0 Å². The monoisotopic (exact) mass is 202 g/mol. The Morgan fingerprint density at radius 2 is 2.13 bits per heavy atom. The Morgan fingerprint density at radius 3 is 2.67 bits per heavy atom. The SMILES string of the molecule is C#COC(=O)C(C)(C)c1cccc(C)c1. The fourth-order valence-electron chi connectivity index (χ4n) is 1.33. The molecule has 0 spiro atoms. The highest BCUT2D eigenvalue weighted by atomic mass is 16.5. The Labute approximate surface area is 90.3 Å². The van der Waals surface area contributed by atoms with Gasteiger partial charge in [-0.1, -0.05) is 36.3 Å². The number of esters is 1. The molecule has 0 aliphatic rings. The minimum atomic E-state index is -0.710. The maximum Gasteiger partial charge on any atom is 0.329 e. The van der Waals surface area contributed by atoms with Gasteiger partial charge in [0.15, 0.2) is 0 Å². The molecule has 0 aromatic heterocycles. The molecule has 0 atom stereocenters. The topological polar surface area (TPSA) is 26.3 Å². The first-order valence-electron chi connectivity index (χ1n) is 4.72. The summed E-state index contributed by atoms with van der Waals surface area (Å²) in [5, 5.41) is 0. The lowest BCUT2D eigenvalue weighted by atomic mass is 9.84. The Kier molecular flexibility index (Phi) is 3.16. The Balaban J connectivity index is 3.06. The van der Waals surface area contributed by atoms with Gasteiger partial charge in [-0.05, 0) is 26.3 Å². The van der Waals surface area contributed by atoms with Gasteiger partial charge in [-0.15, -0.1) is 0 Å². The van der Waals surface area contributed by atoms with Crippen molar-refractivity contribution in [3.05, 3.63) is 35.4 Å². The molecule has 0 N–H and O–H groups in total. The normalized spacial score (nSPS) is 10.5. The van der Waals surface area contributed by atoms with Gasteiger partial charge >= 0.3 is 5.97 Å². The molecule has 2 heteroatoms. The molecule has 15 heavy (non-hydrogen) atoms. The molecule has 0 saturated heterocycles. The van der Waals surface area contributed by atoms with E-state index in [-0.39, 0.29) is 0 Å². The molecular formula is C13H14O2. The Hall–Kier alpha value is -1.75. The number of rotatable bonds is 2. The summed E-state index contributed by atoms with van der Waals surface area (Å²) in [4.78, 5) is 11.6. The predicted molar refractivity (Wildman–Crippen MR) is 59.1 cm³/mol. The van der Waals surface area contributed by atoms with Crippen molar-refractivity contribution in [2.45, 2.75) is 26.2 Å². The number of aryl methyl sites for hydroxylation is 1. The highest BCUT2D eigenvalue weighted by Crippen LogP contribution is 2.25. The van der Waals surface area contributed by atoms with Crippen LogP contribution < -0.4 is 0 Å². The van der Waals surface area contributed by atoms with E-state index in [1.165, 1.54) is 0 Å². The number of hydrogen-bond acceptors (Lipinski definition) is 2. The third-order valence-electron chi connectivity index (χ3n) is 2.40. The lowest BCUT2D eigenvalue weighted by Crippen LogP contribution is -2.30. The Bertz CT molecular complexity index is 411. The molecule has 2 nitrogen and oxygen atoms in total. The van der Waals surface area contributed by atoms with Gasteiger partial charge < -0.3 is 4.74 Å². The first-order chi connectivity index (χ1) is 6.98. The summed E-state index contributed by atoms with van der Waals surface area (Å²) >= 11 is 0. The Morgan fingerprint density at radius 1 is 1.47 bits per heavy atom. The van der Waals surface area contributed by atoms with E-state index in [2.05, 4.69) is 4.74 Å². The first kappa shape index (κ1) is 11.3. The molecule has 0 saturated carbocycles. The fourth-order valence-corrected chi connectivity index (χ4v) is 1.33. The third-order valence-corrected chi connectivity index (χ3v) is 2.40. The second-order valence-electron chi connectivity index (χ2n) is 4.00. The van der Waals surface area contributed by atoms with Crippen LogP contribution in [0.3, 0.4) is 0 Å². The van der Waals surface area contributed by atoms with Crippen molar-refractivity contribution in [1.29, 1.82) is 0 Å². The highest BCUT2D eigenvalue weighted by Gasteiger charge is 2.31. The molecule has 1 aromatic carbocycles. The number of terminal acetylenes is 1. The fraction of sp³-hybridized carbons (Fsp3) is 0.308. The maximum atomic E-state index is 11.6. The van der Waals surface area contributed by atoms with Crippen LogP contribution in [-0.2, 0) is 14.9 Å². The van der Waals surface area contributed by atoms with Gasteiger partial charge in [-0.3, -0.25) is 0 Å². The van der Waals surface area contributed by atoms with Crippen molar-refractivity contribution in [3.63, 3.8) is 0 Å². The number of carbonyl (C=O) groups is 1. The van der Waals surface area contributed by atoms with Crippen LogP contribution in [0.2, 0.25) is 0 Å². The third kappa shape index (κ3) is 2.38. The molecule has 78 valence electrons. The van der Waals surface area contributed by atoms with Crippen LogP contribution in [0.1, 0.15) is 25.0 Å². The molecule has 1 aromatic rings. The number of ether oxygens (including phenoxy) is 1. The molecular weight excluding hydrogens is 188 g/mol. The smallest absolute Gasteiger partial charge is 0.329 e. The zero-order chi connectivity index (χ0) is 11.5. The number of benzene rings is 1. The molecule has 1 rings (SSSR count). The second-order valence-corrected chi connectivity index (χ2v) is 4.00. The molecule has 0 aliphatic heterocycles. The predicted octanol–water partition coefficient (Wildman–Crippen LogP) is 2.41. The summed E-state index contributed by atoms with van der Waals surface area (Å²) in [5.74, 6) is -0.407. The largest absolute Gasteiger partial charge is 0.372 e. The van der Waals surface area contributed by atoms with E-state index < -0.39 is 11.4 Å². The molecule has 0 aliphatic carbocycles. The van der Waals surface area contributed by atoms with Crippen molar-refractivity contribution in [2.75, 3.05) is 0 Å². The average molecular weight is 202 g/mol. The van der Waals surface area contributed by atoms with E-state index in [1.807, 2.05) is 37.3 Å². The van der Waals surface area contributed by atoms with Crippen molar-refractivity contribution in [1.82, 2.24) is 0 Å². The van der Waals surface area contributed by atoms with Crippen LogP contribution in [0.4, 0.5) is 0 Å². The van der Waals surface area contributed by atoms with Crippen LogP contribution in [0, 0.1) is 19.5 Å². The molecule has 0 heterocycles. The zero-order valence-electron chi connectivity index (χ0n) is 9.20. The van der Waals surface area contributed by atoms with Crippen LogP contribution in [-0.4, -0.2) is 5.97 Å². The lowest BCUT2D eigenvalue weighted by Gasteiger charge is -2.21. The van der Waals surface area contributed by atoms with Crippen molar-refractivity contribution in [3.8, 4) is 12.5 Å². The summed E-state index contributed by atoms with van der Waals surface area (Å²) in [6, 6.07) is 7.74. The lowest BCUT2D eigenvalue weighted by molar-refractivity contribution is -0.142. The van der Waals surface area contributed by atoms with E-state index in [4.69, 9.17) is 6.42 Å². The zero-order valence-corrected chi connectivity index (χ0v) is 9.20. The molecule has 0 unspecified atom stereocenters. The summed E-state index contributed by atoms with van der Waals surface area (Å²) in [5.41, 5.74) is 1.30. The van der Waals surface area contributed by atoms with Gasteiger partial charge in [0.25, 0.3) is 0 Å². The van der Waals surface area contributed by atoms with Gasteiger partial charge in [-0.25, -0.2) is 4.79 Å². The summed E-state index contributed by atoms with van der Waals surface area (Å²) < 4.78 is 4.59. The minimum absolute atomic E-state index is 0.407. The van der Waals surface area contributed by atoms with E-state index in [9.17, 15) is 4.79 Å². The second kappa shape index (κ2) is 4.18.